The van der Waals surface area contributed by atoms with Crippen molar-refractivity contribution in [1.29, 1.82) is 0 Å². The number of halogens is 3. The molecule has 0 aromatic heterocycles. The van der Waals surface area contributed by atoms with Gasteiger partial charge in [-0.05, 0) is 60.7 Å². The number of likely N-dealkylation sites (tertiary alicyclic amines) is 1. The summed E-state index contributed by atoms with van der Waals surface area (Å²) < 4.78 is 68.2. The Morgan fingerprint density at radius 3 is 2.24 bits per heavy atom. The normalized spacial score (nSPS) is 19.2. The van der Waals surface area contributed by atoms with Crippen molar-refractivity contribution in [2.75, 3.05) is 13.2 Å². The minimum Gasteiger partial charge on any atom is -0.336 e. The predicted molar refractivity (Wildman–Crippen MR) is 133 cm³/mol. The van der Waals surface area contributed by atoms with E-state index in [1.807, 2.05) is 6.92 Å². The molecule has 1 aliphatic rings. The number of hydrogen-bond donors (Lipinski definition) is 1. The van der Waals surface area contributed by atoms with Crippen LogP contribution < -0.4 is 5.14 Å². The molecule has 1 aliphatic heterocycles. The summed E-state index contributed by atoms with van der Waals surface area (Å²) in [5, 5.41) is 4.96. The Morgan fingerprint density at radius 1 is 1.00 bits per heavy atom. The lowest BCUT2D eigenvalue weighted by molar-refractivity contribution is -0.138. The summed E-state index contributed by atoms with van der Waals surface area (Å²) in [7, 11) is -4.14. The van der Waals surface area contributed by atoms with Gasteiger partial charge >= 0.3 is 10.3 Å². The number of nitrogens with two attached hydrogens (primary N) is 1. The van der Waals surface area contributed by atoms with Gasteiger partial charge in [-0.2, -0.15) is 8.42 Å². The second-order valence-corrected chi connectivity index (χ2v) is 10.5. The van der Waals surface area contributed by atoms with Crippen LogP contribution in [0.2, 0.25) is 0 Å². The Hall–Kier alpha value is -3.21. The molecule has 3 aromatic rings. The summed E-state index contributed by atoms with van der Waals surface area (Å²) in [6, 6.07) is 16.0. The Labute approximate surface area is 214 Å². The third-order valence-electron chi connectivity index (χ3n) is 7.03. The lowest BCUT2D eigenvalue weighted by Crippen LogP contribution is -2.47. The van der Waals surface area contributed by atoms with Crippen molar-refractivity contribution < 1.29 is 30.6 Å². The maximum absolute atomic E-state index is 14.2. The maximum atomic E-state index is 14.2. The van der Waals surface area contributed by atoms with Gasteiger partial charge in [-0.1, -0.05) is 36.4 Å². The predicted octanol–water partition coefficient (Wildman–Crippen LogP) is 5.00. The third-order valence-corrected chi connectivity index (χ3v) is 7.52. The van der Waals surface area contributed by atoms with E-state index >= 15 is 0 Å². The number of carbonyl (C=O) groups is 1. The van der Waals surface area contributed by atoms with Crippen LogP contribution in [0.3, 0.4) is 0 Å². The highest BCUT2D eigenvalue weighted by Gasteiger charge is 2.41. The number of piperidine rings is 1. The fraction of sp³-hybridized carbons (Fsp3) is 0.296. The summed E-state index contributed by atoms with van der Waals surface area (Å²) in [5.74, 6) is -1.87. The number of hydrogen-bond acceptors (Lipinski definition) is 4. The summed E-state index contributed by atoms with van der Waals surface area (Å²) in [4.78, 5) is 15.1. The summed E-state index contributed by atoms with van der Waals surface area (Å²) in [6.07, 6.45) is 0.790. The highest BCUT2D eigenvalue weighted by Crippen LogP contribution is 2.41. The molecule has 0 spiro atoms. The fourth-order valence-corrected chi connectivity index (χ4v) is 5.27. The average Bonchev–Trinajstić information content (AvgIpc) is 2.83. The van der Waals surface area contributed by atoms with Gasteiger partial charge in [0.15, 0.2) is 0 Å². The van der Waals surface area contributed by atoms with E-state index in [4.69, 9.17) is 9.32 Å². The zero-order valence-corrected chi connectivity index (χ0v) is 21.0. The molecule has 0 radical (unpaired) electrons. The van der Waals surface area contributed by atoms with Gasteiger partial charge in [-0.25, -0.2) is 18.3 Å². The van der Waals surface area contributed by atoms with E-state index in [9.17, 15) is 26.4 Å². The molecular weight excluding hydrogens is 505 g/mol. The average molecular weight is 533 g/mol. The van der Waals surface area contributed by atoms with E-state index in [-0.39, 0.29) is 37.0 Å². The van der Waals surface area contributed by atoms with Crippen LogP contribution in [0.25, 0.3) is 11.1 Å². The molecule has 3 aromatic carbocycles. The SMILES string of the molecule is C[C@@H](c1ccc(-c2ccc(F)cc2F)cc1)N1CCC(CCOS(N)(=O)=O)(c2ccc(F)cc2)CC1=O. The Balaban J connectivity index is 1.52. The summed E-state index contributed by atoms with van der Waals surface area (Å²) in [6.45, 7) is 2.06. The molecule has 1 heterocycles. The molecule has 6 nitrogen and oxygen atoms in total. The molecule has 1 saturated heterocycles. The zero-order valence-electron chi connectivity index (χ0n) is 20.2. The van der Waals surface area contributed by atoms with Gasteiger partial charge in [0.25, 0.3) is 0 Å². The standard InChI is InChI=1S/C27H27F3N2O4S/c1-18(19-2-4-20(5-3-19)24-11-10-23(29)16-25(24)30)32-14-12-27(17-26(32)33,13-15-36-37(31,34)35)21-6-8-22(28)9-7-21/h2-11,16,18H,12-15,17H2,1H3,(H2,31,34,35)/t18-,27?/m0/s1. The highest BCUT2D eigenvalue weighted by atomic mass is 32.2. The van der Waals surface area contributed by atoms with Crippen LogP contribution >= 0.6 is 0 Å². The molecule has 2 N–H and O–H groups in total. The molecule has 37 heavy (non-hydrogen) atoms. The number of amides is 1. The number of nitrogens with zero attached hydrogens (tertiary/aromatic N) is 1. The van der Waals surface area contributed by atoms with Crippen LogP contribution in [-0.2, 0) is 24.7 Å². The first-order valence-corrected chi connectivity index (χ1v) is 13.2. The molecule has 1 unspecified atom stereocenters. The molecular formula is C27H27F3N2O4S. The van der Waals surface area contributed by atoms with Crippen LogP contribution in [0.4, 0.5) is 13.2 Å². The van der Waals surface area contributed by atoms with Crippen LogP contribution in [-0.4, -0.2) is 32.4 Å². The van der Waals surface area contributed by atoms with Gasteiger partial charge in [0.1, 0.15) is 17.5 Å². The lowest BCUT2D eigenvalue weighted by atomic mass is 9.70. The molecule has 1 amide bonds. The molecule has 10 heteroatoms. The van der Waals surface area contributed by atoms with E-state index in [1.165, 1.54) is 24.3 Å². The molecule has 0 saturated carbocycles. The smallest absolute Gasteiger partial charge is 0.333 e. The first kappa shape index (κ1) is 26.8. The van der Waals surface area contributed by atoms with E-state index < -0.39 is 33.2 Å². The highest BCUT2D eigenvalue weighted by molar-refractivity contribution is 7.84. The molecule has 1 fully saturated rings. The van der Waals surface area contributed by atoms with Crippen molar-refractivity contribution >= 4 is 16.2 Å². The van der Waals surface area contributed by atoms with Crippen LogP contribution in [0.5, 0.6) is 0 Å². The van der Waals surface area contributed by atoms with E-state index in [0.717, 1.165) is 17.2 Å². The monoisotopic (exact) mass is 532 g/mol. The quantitative estimate of drug-likeness (QED) is 0.442. The summed E-state index contributed by atoms with van der Waals surface area (Å²) in [5.41, 5.74) is 1.68. The Kier molecular flexibility index (Phi) is 7.72. The van der Waals surface area contributed by atoms with Gasteiger partial charge in [0, 0.05) is 30.0 Å². The van der Waals surface area contributed by atoms with E-state index in [0.29, 0.717) is 18.5 Å². The van der Waals surface area contributed by atoms with Crippen molar-refractivity contribution in [3.8, 4) is 11.1 Å². The maximum Gasteiger partial charge on any atom is 0.333 e. The number of rotatable bonds is 8. The van der Waals surface area contributed by atoms with Crippen LogP contribution in [0, 0.1) is 17.5 Å². The first-order valence-electron chi connectivity index (χ1n) is 11.8. The molecule has 2 atom stereocenters. The lowest BCUT2D eigenvalue weighted by Gasteiger charge is -2.44. The van der Waals surface area contributed by atoms with Crippen molar-refractivity contribution in [3.05, 3.63) is 95.3 Å². The Bertz CT molecular complexity index is 1380. The fourth-order valence-electron chi connectivity index (χ4n) is 4.95. The minimum absolute atomic E-state index is 0.0792. The van der Waals surface area contributed by atoms with Crippen LogP contribution in [0.15, 0.2) is 66.7 Å². The van der Waals surface area contributed by atoms with E-state index in [2.05, 4.69) is 0 Å². The second kappa shape index (κ2) is 10.6. The van der Waals surface area contributed by atoms with Crippen molar-refractivity contribution in [2.24, 2.45) is 5.14 Å². The minimum atomic E-state index is -4.14. The summed E-state index contributed by atoms with van der Waals surface area (Å²) >= 11 is 0. The molecule has 4 rings (SSSR count). The third kappa shape index (κ3) is 6.20. The largest absolute Gasteiger partial charge is 0.336 e. The van der Waals surface area contributed by atoms with Gasteiger partial charge in [0.2, 0.25) is 5.91 Å². The van der Waals surface area contributed by atoms with Crippen molar-refractivity contribution in [2.45, 2.75) is 37.6 Å². The second-order valence-electron chi connectivity index (χ2n) is 9.29. The van der Waals surface area contributed by atoms with Gasteiger partial charge in [0.05, 0.1) is 12.6 Å². The first-order chi connectivity index (χ1) is 17.5. The van der Waals surface area contributed by atoms with Gasteiger partial charge in [-0.15, -0.1) is 0 Å². The number of benzene rings is 3. The van der Waals surface area contributed by atoms with E-state index in [1.54, 1.807) is 41.3 Å². The number of carbonyl (C=O) groups excluding carboxylic acids is 1. The topological polar surface area (TPSA) is 89.7 Å². The van der Waals surface area contributed by atoms with Crippen molar-refractivity contribution in [1.82, 2.24) is 4.90 Å². The van der Waals surface area contributed by atoms with Crippen molar-refractivity contribution in [3.63, 3.8) is 0 Å². The van der Waals surface area contributed by atoms with Crippen LogP contribution in [0.1, 0.15) is 43.4 Å². The molecule has 0 aliphatic carbocycles. The Morgan fingerprint density at radius 2 is 1.65 bits per heavy atom. The van der Waals surface area contributed by atoms with Gasteiger partial charge < -0.3 is 4.90 Å². The molecule has 196 valence electrons. The van der Waals surface area contributed by atoms with Gasteiger partial charge in [-0.3, -0.25) is 8.98 Å². The zero-order chi connectivity index (χ0) is 26.8. The molecule has 0 bridgehead atoms.